The van der Waals surface area contributed by atoms with Gasteiger partial charge in [0.05, 0.1) is 11.6 Å². The predicted molar refractivity (Wildman–Crippen MR) is 56.8 cm³/mol. The fraction of sp³-hybridized carbons (Fsp3) is 0.250. The Labute approximate surface area is 100 Å². The molecule has 0 radical (unpaired) electrons. The van der Waals surface area contributed by atoms with E-state index in [-0.39, 0.29) is 15.9 Å². The molecule has 0 aliphatic heterocycles. The number of hydrogen-bond acceptors (Lipinski definition) is 3. The summed E-state index contributed by atoms with van der Waals surface area (Å²) in [6.07, 6.45) is -1.65. The van der Waals surface area contributed by atoms with Crippen LogP contribution < -0.4 is 5.32 Å². The molecule has 0 bridgehead atoms. The molecule has 1 aromatic heterocycles. The van der Waals surface area contributed by atoms with Crippen molar-refractivity contribution in [3.05, 3.63) is 21.9 Å². The van der Waals surface area contributed by atoms with Crippen LogP contribution in [0.3, 0.4) is 0 Å². The van der Waals surface area contributed by atoms with E-state index in [2.05, 4.69) is 10.3 Å². The number of carboxylic acids is 1. The third kappa shape index (κ3) is 3.13. The molecule has 0 aromatic carbocycles. The van der Waals surface area contributed by atoms with Gasteiger partial charge in [0, 0.05) is 0 Å². The lowest BCUT2D eigenvalue weighted by Crippen LogP contribution is -2.36. The molecule has 16 heavy (non-hydrogen) atoms. The average Bonchev–Trinajstić information content (AvgIpc) is 2.55. The molecule has 0 saturated heterocycles. The topological polar surface area (TPSA) is 102 Å². The first-order valence-corrected chi connectivity index (χ1v) is 4.90. The number of hydrogen-bond donors (Lipinski definition) is 4. The maximum Gasteiger partial charge on any atom is 0.334 e. The molecule has 0 saturated carbocycles. The summed E-state index contributed by atoms with van der Waals surface area (Å²) in [6, 6.07) is 1.30. The molecule has 1 amide bonds. The smallest absolute Gasteiger partial charge is 0.334 e. The summed E-state index contributed by atoms with van der Waals surface area (Å²) in [6.45, 7) is -0.400. The van der Waals surface area contributed by atoms with Crippen molar-refractivity contribution in [2.45, 2.75) is 6.10 Å². The largest absolute Gasteiger partial charge is 0.479 e. The Kier molecular flexibility index (Phi) is 4.17. The van der Waals surface area contributed by atoms with E-state index in [1.165, 1.54) is 6.07 Å². The van der Waals surface area contributed by atoms with Crippen LogP contribution in [-0.2, 0) is 4.79 Å². The molecule has 0 aliphatic carbocycles. The van der Waals surface area contributed by atoms with Gasteiger partial charge in [-0.1, -0.05) is 23.2 Å². The van der Waals surface area contributed by atoms with Gasteiger partial charge in [-0.3, -0.25) is 4.79 Å². The average molecular weight is 267 g/mol. The van der Waals surface area contributed by atoms with Crippen LogP contribution in [0, 0.1) is 0 Å². The van der Waals surface area contributed by atoms with Crippen molar-refractivity contribution in [3.8, 4) is 0 Å². The number of halogens is 2. The second-order valence-electron chi connectivity index (χ2n) is 2.91. The highest BCUT2D eigenvalue weighted by Crippen LogP contribution is 2.21. The molecule has 0 aliphatic rings. The standard InChI is InChI=1S/C8H8Cl2N2O4/c9-3-1-4(12-6(3)10)7(14)11-2-5(13)8(15)16/h1,5,12-13H,2H2,(H,11,14)(H,15,16)/t5-/m0/s1. The summed E-state index contributed by atoms with van der Waals surface area (Å²) in [5, 5.41) is 19.8. The molecule has 6 nitrogen and oxygen atoms in total. The molecular formula is C8H8Cl2N2O4. The number of aliphatic hydroxyl groups is 1. The van der Waals surface area contributed by atoms with Gasteiger partial charge in [-0.2, -0.15) is 0 Å². The van der Waals surface area contributed by atoms with Gasteiger partial charge in [0.25, 0.3) is 5.91 Å². The Balaban J connectivity index is 2.56. The fourth-order valence-corrected chi connectivity index (χ4v) is 1.21. The van der Waals surface area contributed by atoms with Crippen molar-refractivity contribution in [2.75, 3.05) is 6.54 Å². The van der Waals surface area contributed by atoms with Gasteiger partial charge in [-0.15, -0.1) is 0 Å². The second kappa shape index (κ2) is 5.20. The second-order valence-corrected chi connectivity index (χ2v) is 3.69. The number of nitrogens with one attached hydrogen (secondary N) is 2. The number of aliphatic carboxylic acids is 1. The molecule has 1 rings (SSSR count). The highest BCUT2D eigenvalue weighted by atomic mass is 35.5. The van der Waals surface area contributed by atoms with E-state index in [0.29, 0.717) is 0 Å². The van der Waals surface area contributed by atoms with Gasteiger partial charge < -0.3 is 20.5 Å². The SMILES string of the molecule is O=C(NC[C@H](O)C(=O)O)c1cc(Cl)c(Cl)[nH]1. The molecule has 4 N–H and O–H groups in total. The monoisotopic (exact) mass is 266 g/mol. The van der Waals surface area contributed by atoms with Crippen LogP contribution >= 0.6 is 23.2 Å². The van der Waals surface area contributed by atoms with Crippen LogP contribution in [0.15, 0.2) is 6.07 Å². The number of carbonyl (C=O) groups is 2. The van der Waals surface area contributed by atoms with E-state index < -0.39 is 24.5 Å². The number of amides is 1. The normalized spacial score (nSPS) is 12.2. The van der Waals surface area contributed by atoms with E-state index in [1.54, 1.807) is 0 Å². The molecule has 88 valence electrons. The lowest BCUT2D eigenvalue weighted by Gasteiger charge is -2.06. The highest BCUT2D eigenvalue weighted by Gasteiger charge is 2.16. The summed E-state index contributed by atoms with van der Waals surface area (Å²) in [5.74, 6) is -2.02. The van der Waals surface area contributed by atoms with Gasteiger partial charge in [-0.05, 0) is 6.07 Å². The lowest BCUT2D eigenvalue weighted by molar-refractivity contribution is -0.146. The molecule has 0 unspecified atom stereocenters. The maximum absolute atomic E-state index is 11.4. The van der Waals surface area contributed by atoms with Crippen molar-refractivity contribution in [2.24, 2.45) is 0 Å². The summed E-state index contributed by atoms with van der Waals surface area (Å²) in [5.41, 5.74) is 0.0904. The van der Waals surface area contributed by atoms with Crippen molar-refractivity contribution in [3.63, 3.8) is 0 Å². The number of aromatic amines is 1. The van der Waals surface area contributed by atoms with E-state index in [0.717, 1.165) is 0 Å². The number of carbonyl (C=O) groups excluding carboxylic acids is 1. The Hall–Kier alpha value is -1.24. The van der Waals surface area contributed by atoms with Crippen molar-refractivity contribution >= 4 is 35.1 Å². The fourth-order valence-electron chi connectivity index (χ4n) is 0.898. The third-order valence-corrected chi connectivity index (χ3v) is 2.40. The molecule has 0 fully saturated rings. The lowest BCUT2D eigenvalue weighted by atomic mass is 10.3. The number of aliphatic hydroxyl groups excluding tert-OH is 1. The van der Waals surface area contributed by atoms with Gasteiger partial charge in [0.1, 0.15) is 10.8 Å². The van der Waals surface area contributed by atoms with Gasteiger partial charge in [-0.25, -0.2) is 4.79 Å². The first-order valence-electron chi connectivity index (χ1n) is 4.15. The maximum atomic E-state index is 11.4. The minimum Gasteiger partial charge on any atom is -0.479 e. The van der Waals surface area contributed by atoms with Crippen molar-refractivity contribution in [1.82, 2.24) is 10.3 Å². The summed E-state index contributed by atoms with van der Waals surface area (Å²) in [7, 11) is 0. The first kappa shape index (κ1) is 12.8. The van der Waals surface area contributed by atoms with Crippen LogP contribution in [0.5, 0.6) is 0 Å². The van der Waals surface area contributed by atoms with Crippen molar-refractivity contribution < 1.29 is 19.8 Å². The molecule has 0 spiro atoms. The predicted octanol–water partition coefficient (Wildman–Crippen LogP) is 0.497. The van der Waals surface area contributed by atoms with Crippen molar-refractivity contribution in [1.29, 1.82) is 0 Å². The number of carboxylic acid groups (broad SMARTS) is 1. The molecule has 1 heterocycles. The molecular weight excluding hydrogens is 259 g/mol. The van der Waals surface area contributed by atoms with Gasteiger partial charge in [0.15, 0.2) is 6.10 Å². The minimum absolute atomic E-state index is 0.0904. The zero-order chi connectivity index (χ0) is 12.3. The highest BCUT2D eigenvalue weighted by molar-refractivity contribution is 6.41. The van der Waals surface area contributed by atoms with E-state index in [4.69, 9.17) is 33.4 Å². The summed E-state index contributed by atoms with van der Waals surface area (Å²) in [4.78, 5) is 24.1. The van der Waals surface area contributed by atoms with E-state index in [9.17, 15) is 9.59 Å². The van der Waals surface area contributed by atoms with Crippen LogP contribution in [0.1, 0.15) is 10.5 Å². The van der Waals surface area contributed by atoms with Gasteiger partial charge in [0.2, 0.25) is 0 Å². The number of H-pyrrole nitrogens is 1. The Morgan fingerprint density at radius 2 is 2.12 bits per heavy atom. The van der Waals surface area contributed by atoms with E-state index in [1.807, 2.05) is 0 Å². The molecule has 8 heteroatoms. The molecule has 1 atom stereocenters. The molecule has 1 aromatic rings. The first-order chi connectivity index (χ1) is 7.41. The Morgan fingerprint density at radius 1 is 1.50 bits per heavy atom. The zero-order valence-corrected chi connectivity index (χ0v) is 9.34. The number of aromatic nitrogens is 1. The van der Waals surface area contributed by atoms with Gasteiger partial charge >= 0.3 is 5.97 Å². The third-order valence-electron chi connectivity index (χ3n) is 1.71. The number of rotatable bonds is 4. The minimum atomic E-state index is -1.65. The zero-order valence-electron chi connectivity index (χ0n) is 7.83. The van der Waals surface area contributed by atoms with Crippen LogP contribution in [0.4, 0.5) is 0 Å². The van der Waals surface area contributed by atoms with Crippen LogP contribution in [0.25, 0.3) is 0 Å². The Bertz CT molecular complexity index is 399. The quantitative estimate of drug-likeness (QED) is 0.637. The van der Waals surface area contributed by atoms with Crippen LogP contribution in [0.2, 0.25) is 10.2 Å². The van der Waals surface area contributed by atoms with Crippen LogP contribution in [-0.4, -0.2) is 39.7 Å². The van der Waals surface area contributed by atoms with E-state index >= 15 is 0 Å². The Morgan fingerprint density at radius 3 is 2.56 bits per heavy atom. The summed E-state index contributed by atoms with van der Waals surface area (Å²) < 4.78 is 0. The summed E-state index contributed by atoms with van der Waals surface area (Å²) >= 11 is 11.2.